The summed E-state index contributed by atoms with van der Waals surface area (Å²) in [4.78, 5) is 32.8. The van der Waals surface area contributed by atoms with E-state index in [1.165, 1.54) is 0 Å². The third-order valence-electron chi connectivity index (χ3n) is 6.31. The maximum Gasteiger partial charge on any atom is 0.232 e. The molecule has 3 heterocycles. The largest absolute Gasteiger partial charge is 0.369 e. The number of hydrogen-bond acceptors (Lipinski definition) is 5. The molecule has 2 N–H and O–H groups in total. The molecule has 1 fully saturated rings. The maximum absolute atomic E-state index is 13.0. The Morgan fingerprint density at radius 2 is 2.11 bits per heavy atom. The van der Waals surface area contributed by atoms with E-state index in [-0.39, 0.29) is 11.8 Å². The van der Waals surface area contributed by atoms with Gasteiger partial charge in [-0.3, -0.25) is 14.5 Å². The van der Waals surface area contributed by atoms with Gasteiger partial charge in [-0.2, -0.15) is 0 Å². The highest BCUT2D eigenvalue weighted by atomic mass is 32.2. The Morgan fingerprint density at radius 3 is 2.79 bits per heavy atom. The van der Waals surface area contributed by atoms with Crippen LogP contribution in [0.3, 0.4) is 0 Å². The Bertz CT molecular complexity index is 794. The molecule has 7 heteroatoms. The molecule has 4 aliphatic rings. The third-order valence-corrected chi connectivity index (χ3v) is 7.41. The molecular formula is C21H28N4O2S. The number of rotatable bonds is 3. The summed E-state index contributed by atoms with van der Waals surface area (Å²) < 4.78 is 0. The lowest BCUT2D eigenvalue weighted by Crippen LogP contribution is -2.53. The van der Waals surface area contributed by atoms with E-state index in [4.69, 9.17) is 10.7 Å². The molecule has 0 saturated carbocycles. The Morgan fingerprint density at radius 1 is 1.36 bits per heavy atom. The summed E-state index contributed by atoms with van der Waals surface area (Å²) in [7, 11) is 0. The van der Waals surface area contributed by atoms with Gasteiger partial charge >= 0.3 is 0 Å². The lowest BCUT2D eigenvalue weighted by molar-refractivity contribution is -0.132. The van der Waals surface area contributed by atoms with E-state index in [1.807, 2.05) is 23.6 Å². The topological polar surface area (TPSA) is 79.0 Å². The number of allylic oxidation sites excluding steroid dienone is 2. The molecule has 3 aliphatic heterocycles. The van der Waals surface area contributed by atoms with Gasteiger partial charge in [0.25, 0.3) is 0 Å². The molecule has 0 aromatic carbocycles. The molecule has 2 amide bonds. The Kier molecular flexibility index (Phi) is 5.12. The minimum atomic E-state index is -0.599. The number of carbonyl (C=O) groups excluding carboxylic acids is 2. The number of carbonyl (C=O) groups is 2. The van der Waals surface area contributed by atoms with Crippen molar-refractivity contribution in [3.05, 3.63) is 35.3 Å². The summed E-state index contributed by atoms with van der Waals surface area (Å²) >= 11 is 1.82. The zero-order valence-corrected chi connectivity index (χ0v) is 17.3. The molecule has 0 bridgehead atoms. The van der Waals surface area contributed by atoms with Crippen LogP contribution in [0.4, 0.5) is 0 Å². The first-order valence-electron chi connectivity index (χ1n) is 9.99. The second-order valence-corrected chi connectivity index (χ2v) is 9.45. The van der Waals surface area contributed by atoms with Crippen molar-refractivity contribution in [1.29, 1.82) is 0 Å². The Labute approximate surface area is 170 Å². The van der Waals surface area contributed by atoms with E-state index in [1.54, 1.807) is 11.8 Å². The van der Waals surface area contributed by atoms with Crippen molar-refractivity contribution in [3.63, 3.8) is 0 Å². The van der Waals surface area contributed by atoms with Crippen LogP contribution in [0.5, 0.6) is 0 Å². The lowest BCUT2D eigenvalue weighted by atomic mass is 9.81. The van der Waals surface area contributed by atoms with E-state index in [9.17, 15) is 9.59 Å². The van der Waals surface area contributed by atoms with E-state index in [0.29, 0.717) is 36.0 Å². The van der Waals surface area contributed by atoms with Gasteiger partial charge in [0.15, 0.2) is 5.96 Å². The van der Waals surface area contributed by atoms with Crippen LogP contribution >= 0.6 is 11.8 Å². The minimum Gasteiger partial charge on any atom is -0.369 e. The predicted molar refractivity (Wildman–Crippen MR) is 113 cm³/mol. The quantitative estimate of drug-likeness (QED) is 0.788. The summed E-state index contributed by atoms with van der Waals surface area (Å²) in [6, 6.07) is 0. The lowest BCUT2D eigenvalue weighted by Gasteiger charge is -2.39. The molecule has 6 nitrogen and oxygen atoms in total. The monoisotopic (exact) mass is 400 g/mol. The van der Waals surface area contributed by atoms with Crippen molar-refractivity contribution >= 4 is 29.5 Å². The van der Waals surface area contributed by atoms with Gasteiger partial charge in [0.1, 0.15) is 0 Å². The number of likely N-dealkylation sites (tertiary alicyclic amines) is 1. The first kappa shape index (κ1) is 19.3. The number of piperidine rings is 1. The van der Waals surface area contributed by atoms with Gasteiger partial charge in [-0.25, -0.2) is 4.99 Å². The van der Waals surface area contributed by atoms with Gasteiger partial charge in [0.2, 0.25) is 11.8 Å². The van der Waals surface area contributed by atoms with Crippen LogP contribution in [0.2, 0.25) is 0 Å². The minimum absolute atomic E-state index is 0.0387. The Hall–Kier alpha value is -2.02. The van der Waals surface area contributed by atoms with Crippen LogP contribution < -0.4 is 5.73 Å². The normalized spacial score (nSPS) is 33.0. The number of guanidine groups is 1. The summed E-state index contributed by atoms with van der Waals surface area (Å²) in [5.41, 5.74) is 6.75. The molecule has 0 spiro atoms. The van der Waals surface area contributed by atoms with Crippen molar-refractivity contribution in [2.24, 2.45) is 22.6 Å². The van der Waals surface area contributed by atoms with E-state index >= 15 is 0 Å². The zero-order chi connectivity index (χ0) is 19.9. The summed E-state index contributed by atoms with van der Waals surface area (Å²) in [5.74, 6) is 1.21. The highest BCUT2D eigenvalue weighted by Gasteiger charge is 2.40. The molecule has 1 saturated heterocycles. The first-order chi connectivity index (χ1) is 13.4. The second-order valence-electron chi connectivity index (χ2n) is 8.36. The molecule has 150 valence electrons. The van der Waals surface area contributed by atoms with E-state index in [2.05, 4.69) is 29.7 Å². The van der Waals surface area contributed by atoms with Gasteiger partial charge in [-0.1, -0.05) is 24.3 Å². The fourth-order valence-electron chi connectivity index (χ4n) is 4.49. The van der Waals surface area contributed by atoms with Crippen molar-refractivity contribution in [2.45, 2.75) is 43.9 Å². The van der Waals surface area contributed by atoms with Crippen LogP contribution in [-0.4, -0.2) is 58.0 Å². The highest BCUT2D eigenvalue weighted by molar-refractivity contribution is 8.03. The molecule has 1 aliphatic carbocycles. The number of nitrogens with zero attached hydrogens (tertiary/aromatic N) is 3. The summed E-state index contributed by atoms with van der Waals surface area (Å²) in [5, 5.41) is 2.61. The summed E-state index contributed by atoms with van der Waals surface area (Å²) in [6.45, 7) is 5.71. The molecule has 0 aromatic rings. The SMILES string of the molecule is CC(=O)N1CCC(CN2C(=O)C[C@@](C)(C3=CC4C=CSC4C=C3)N=C2N)CC1. The van der Waals surface area contributed by atoms with Crippen LogP contribution in [0.25, 0.3) is 0 Å². The summed E-state index contributed by atoms with van der Waals surface area (Å²) in [6.07, 6.45) is 10.9. The molecule has 0 radical (unpaired) electrons. The zero-order valence-electron chi connectivity index (χ0n) is 16.5. The van der Waals surface area contributed by atoms with Gasteiger partial charge in [0.05, 0.1) is 12.0 Å². The fourth-order valence-corrected chi connectivity index (χ4v) is 5.47. The molecule has 28 heavy (non-hydrogen) atoms. The van der Waals surface area contributed by atoms with Gasteiger partial charge in [-0.05, 0) is 36.7 Å². The molecule has 0 aromatic heterocycles. The van der Waals surface area contributed by atoms with Crippen LogP contribution in [0.15, 0.2) is 40.3 Å². The molecule has 2 unspecified atom stereocenters. The number of fused-ring (bicyclic) bond motifs is 1. The van der Waals surface area contributed by atoms with E-state index in [0.717, 1.165) is 31.5 Å². The number of aliphatic imine (C=N–C) groups is 1. The van der Waals surface area contributed by atoms with Gasteiger partial charge < -0.3 is 10.6 Å². The van der Waals surface area contributed by atoms with Crippen molar-refractivity contribution in [2.75, 3.05) is 19.6 Å². The average Bonchev–Trinajstić information content (AvgIpc) is 3.13. The second kappa shape index (κ2) is 7.43. The number of amides is 2. The van der Waals surface area contributed by atoms with Crippen molar-refractivity contribution in [1.82, 2.24) is 9.80 Å². The predicted octanol–water partition coefficient (Wildman–Crippen LogP) is 2.29. The molecule has 4 rings (SSSR count). The van der Waals surface area contributed by atoms with Crippen LogP contribution in [0, 0.1) is 11.8 Å². The van der Waals surface area contributed by atoms with Crippen LogP contribution in [0.1, 0.15) is 33.1 Å². The molecule has 3 atom stereocenters. The smallest absolute Gasteiger partial charge is 0.232 e. The van der Waals surface area contributed by atoms with Gasteiger partial charge in [-0.15, -0.1) is 11.8 Å². The van der Waals surface area contributed by atoms with Crippen LogP contribution in [-0.2, 0) is 9.59 Å². The number of hydrogen-bond donors (Lipinski definition) is 1. The number of nitrogens with two attached hydrogens (primary N) is 1. The van der Waals surface area contributed by atoms with Gasteiger partial charge in [0, 0.05) is 37.7 Å². The highest BCUT2D eigenvalue weighted by Crippen LogP contribution is 2.40. The van der Waals surface area contributed by atoms with Crippen molar-refractivity contribution in [3.8, 4) is 0 Å². The van der Waals surface area contributed by atoms with Crippen molar-refractivity contribution < 1.29 is 9.59 Å². The van der Waals surface area contributed by atoms with E-state index < -0.39 is 5.54 Å². The first-order valence-corrected chi connectivity index (χ1v) is 10.9. The standard InChI is InChI=1S/C21H28N4O2S/c1-14(26)24-8-5-15(6-9-24)13-25-19(27)12-21(2,23-20(25)22)17-3-4-18-16(11-17)7-10-28-18/h3-4,7,10-11,15-16,18H,5-6,8-9,12-13H2,1-2H3,(H2,22,23)/t16?,18?,21-/m0/s1. The Balaban J connectivity index is 1.45. The molecular weight excluding hydrogens is 372 g/mol. The maximum atomic E-state index is 13.0. The number of thioether (sulfide) groups is 1. The fraction of sp³-hybridized carbons (Fsp3) is 0.571. The third kappa shape index (κ3) is 3.64. The average molecular weight is 401 g/mol.